The highest BCUT2D eigenvalue weighted by molar-refractivity contribution is 5.89. The average Bonchev–Trinajstić information content (AvgIpc) is 3.06. The first kappa shape index (κ1) is 16.3. The molecule has 0 aliphatic carbocycles. The highest BCUT2D eigenvalue weighted by Gasteiger charge is 2.29. The van der Waals surface area contributed by atoms with E-state index in [1.807, 2.05) is 30.3 Å². The van der Waals surface area contributed by atoms with Crippen LogP contribution in [0.2, 0.25) is 0 Å². The van der Waals surface area contributed by atoms with Crippen LogP contribution in [0.25, 0.3) is 0 Å². The first-order valence-electron chi connectivity index (χ1n) is 8.09. The standard InChI is InChI=1S/C19H23N3O2/c1-23-18-9-8-14(12-19(18)24-2)17-13-15(10-11-20)21-22(17)16-6-4-3-5-7-16/h3-9,12,17H,10-11,13,20H2,1-2H3. The average molecular weight is 325 g/mol. The molecule has 0 saturated heterocycles. The van der Waals surface area contributed by atoms with Gasteiger partial charge in [0.15, 0.2) is 11.5 Å². The molecule has 2 N–H and O–H groups in total. The number of nitrogens with two attached hydrogens (primary N) is 1. The summed E-state index contributed by atoms with van der Waals surface area (Å²) in [6, 6.07) is 16.4. The zero-order valence-corrected chi connectivity index (χ0v) is 14.1. The largest absolute Gasteiger partial charge is 0.493 e. The summed E-state index contributed by atoms with van der Waals surface area (Å²) in [6.07, 6.45) is 1.68. The molecule has 5 heteroatoms. The first-order valence-corrected chi connectivity index (χ1v) is 8.09. The zero-order chi connectivity index (χ0) is 16.9. The molecular weight excluding hydrogens is 302 g/mol. The molecule has 1 aliphatic heterocycles. The molecule has 0 radical (unpaired) electrons. The Kier molecular flexibility index (Phi) is 5.01. The summed E-state index contributed by atoms with van der Waals surface area (Å²) < 4.78 is 10.8. The third kappa shape index (κ3) is 3.21. The molecule has 1 atom stereocenters. The van der Waals surface area contributed by atoms with Crippen LogP contribution in [0.5, 0.6) is 11.5 Å². The van der Waals surface area contributed by atoms with Crippen molar-refractivity contribution in [3.05, 3.63) is 54.1 Å². The topological polar surface area (TPSA) is 60.1 Å². The Hall–Kier alpha value is -2.53. The van der Waals surface area contributed by atoms with Crippen LogP contribution in [-0.4, -0.2) is 26.5 Å². The number of hydrazone groups is 1. The number of hydrogen-bond donors (Lipinski definition) is 1. The maximum Gasteiger partial charge on any atom is 0.161 e. The van der Waals surface area contributed by atoms with Crippen molar-refractivity contribution in [3.8, 4) is 11.5 Å². The molecule has 2 aromatic rings. The Bertz CT molecular complexity index is 716. The van der Waals surface area contributed by atoms with E-state index in [1.54, 1.807) is 14.2 Å². The molecular formula is C19H23N3O2. The minimum atomic E-state index is 0.133. The van der Waals surface area contributed by atoms with E-state index in [9.17, 15) is 0 Å². The Labute approximate surface area is 142 Å². The van der Waals surface area contributed by atoms with Gasteiger partial charge in [-0.05, 0) is 42.8 Å². The molecule has 0 bridgehead atoms. The molecule has 1 heterocycles. The molecule has 0 fully saturated rings. The minimum Gasteiger partial charge on any atom is -0.493 e. The fourth-order valence-corrected chi connectivity index (χ4v) is 3.03. The summed E-state index contributed by atoms with van der Waals surface area (Å²) in [6.45, 7) is 0.611. The maximum absolute atomic E-state index is 5.72. The van der Waals surface area contributed by atoms with Crippen molar-refractivity contribution in [2.24, 2.45) is 10.8 Å². The lowest BCUT2D eigenvalue weighted by molar-refractivity contribution is 0.354. The lowest BCUT2D eigenvalue weighted by atomic mass is 9.99. The van der Waals surface area contributed by atoms with Gasteiger partial charge in [0.2, 0.25) is 0 Å². The zero-order valence-electron chi connectivity index (χ0n) is 14.1. The van der Waals surface area contributed by atoms with Gasteiger partial charge in [0.05, 0.1) is 25.9 Å². The molecule has 0 saturated carbocycles. The predicted octanol–water partition coefficient (Wildman–Crippen LogP) is 3.36. The normalized spacial score (nSPS) is 16.9. The van der Waals surface area contributed by atoms with Crippen LogP contribution in [0.15, 0.2) is 53.6 Å². The van der Waals surface area contributed by atoms with E-state index in [0.29, 0.717) is 6.54 Å². The number of ether oxygens (including phenoxy) is 2. The lowest BCUT2D eigenvalue weighted by Gasteiger charge is -2.24. The summed E-state index contributed by atoms with van der Waals surface area (Å²) >= 11 is 0. The van der Waals surface area contributed by atoms with Crippen molar-refractivity contribution in [2.75, 3.05) is 25.8 Å². The van der Waals surface area contributed by atoms with Gasteiger partial charge in [0.25, 0.3) is 0 Å². The number of benzene rings is 2. The number of rotatable bonds is 6. The summed E-state index contributed by atoms with van der Waals surface area (Å²) in [5, 5.41) is 6.88. The van der Waals surface area contributed by atoms with Gasteiger partial charge in [0, 0.05) is 12.1 Å². The van der Waals surface area contributed by atoms with Gasteiger partial charge in [-0.15, -0.1) is 0 Å². The second-order valence-electron chi connectivity index (χ2n) is 5.72. The maximum atomic E-state index is 5.72. The number of nitrogens with zero attached hydrogens (tertiary/aromatic N) is 2. The van der Waals surface area contributed by atoms with Gasteiger partial charge in [-0.3, -0.25) is 5.01 Å². The third-order valence-electron chi connectivity index (χ3n) is 4.22. The Morgan fingerprint density at radius 3 is 2.50 bits per heavy atom. The fourth-order valence-electron chi connectivity index (χ4n) is 3.03. The summed E-state index contributed by atoms with van der Waals surface area (Å²) in [5.41, 5.74) is 9.07. The van der Waals surface area contributed by atoms with Crippen molar-refractivity contribution in [1.29, 1.82) is 0 Å². The van der Waals surface area contributed by atoms with Crippen molar-refractivity contribution in [1.82, 2.24) is 0 Å². The number of methoxy groups -OCH3 is 2. The molecule has 3 rings (SSSR count). The molecule has 1 aliphatic rings. The third-order valence-corrected chi connectivity index (χ3v) is 4.22. The molecule has 1 unspecified atom stereocenters. The van der Waals surface area contributed by atoms with E-state index in [-0.39, 0.29) is 6.04 Å². The van der Waals surface area contributed by atoms with Gasteiger partial charge in [-0.25, -0.2) is 0 Å². The molecule has 0 spiro atoms. The monoisotopic (exact) mass is 325 g/mol. The van der Waals surface area contributed by atoms with Crippen LogP contribution in [-0.2, 0) is 0 Å². The van der Waals surface area contributed by atoms with Crippen molar-refractivity contribution in [2.45, 2.75) is 18.9 Å². The van der Waals surface area contributed by atoms with Crippen LogP contribution in [0.4, 0.5) is 5.69 Å². The second kappa shape index (κ2) is 7.36. The van der Waals surface area contributed by atoms with Crippen LogP contribution in [0.3, 0.4) is 0 Å². The van der Waals surface area contributed by atoms with Crippen LogP contribution < -0.4 is 20.2 Å². The van der Waals surface area contributed by atoms with Crippen molar-refractivity contribution >= 4 is 11.4 Å². The van der Waals surface area contributed by atoms with Gasteiger partial charge >= 0.3 is 0 Å². The molecule has 0 aromatic heterocycles. The Morgan fingerprint density at radius 2 is 1.83 bits per heavy atom. The van der Waals surface area contributed by atoms with E-state index >= 15 is 0 Å². The van der Waals surface area contributed by atoms with E-state index in [1.165, 1.54) is 0 Å². The predicted molar refractivity (Wildman–Crippen MR) is 96.9 cm³/mol. The van der Waals surface area contributed by atoms with Crippen LogP contribution in [0.1, 0.15) is 24.4 Å². The van der Waals surface area contributed by atoms with Crippen molar-refractivity contribution < 1.29 is 9.47 Å². The number of hydrogen-bond acceptors (Lipinski definition) is 5. The van der Waals surface area contributed by atoms with Gasteiger partial charge in [-0.2, -0.15) is 5.10 Å². The second-order valence-corrected chi connectivity index (χ2v) is 5.72. The van der Waals surface area contributed by atoms with E-state index in [0.717, 1.165) is 41.3 Å². The summed E-state index contributed by atoms with van der Waals surface area (Å²) in [5.74, 6) is 1.46. The van der Waals surface area contributed by atoms with Crippen molar-refractivity contribution in [3.63, 3.8) is 0 Å². The highest BCUT2D eigenvalue weighted by Crippen LogP contribution is 2.38. The molecule has 0 amide bonds. The fraction of sp³-hybridized carbons (Fsp3) is 0.316. The first-order chi connectivity index (χ1) is 11.8. The Balaban J connectivity index is 1.96. The highest BCUT2D eigenvalue weighted by atomic mass is 16.5. The van der Waals surface area contributed by atoms with E-state index < -0.39 is 0 Å². The van der Waals surface area contributed by atoms with Gasteiger partial charge in [-0.1, -0.05) is 24.3 Å². The Morgan fingerprint density at radius 1 is 1.08 bits per heavy atom. The smallest absolute Gasteiger partial charge is 0.161 e. The van der Waals surface area contributed by atoms with E-state index in [4.69, 9.17) is 20.3 Å². The molecule has 5 nitrogen and oxygen atoms in total. The molecule has 24 heavy (non-hydrogen) atoms. The minimum absolute atomic E-state index is 0.133. The summed E-state index contributed by atoms with van der Waals surface area (Å²) in [4.78, 5) is 0. The number of anilines is 1. The number of para-hydroxylation sites is 1. The molecule has 2 aromatic carbocycles. The van der Waals surface area contributed by atoms with Gasteiger partial charge < -0.3 is 15.2 Å². The molecule has 126 valence electrons. The lowest BCUT2D eigenvalue weighted by Crippen LogP contribution is -2.18. The van der Waals surface area contributed by atoms with Gasteiger partial charge in [0.1, 0.15) is 0 Å². The summed E-state index contributed by atoms with van der Waals surface area (Å²) in [7, 11) is 3.30. The SMILES string of the molecule is COc1ccc(C2CC(CCN)=NN2c2ccccc2)cc1OC. The van der Waals surface area contributed by atoms with E-state index in [2.05, 4.69) is 23.2 Å². The van der Waals surface area contributed by atoms with Crippen LogP contribution >= 0.6 is 0 Å². The van der Waals surface area contributed by atoms with Crippen LogP contribution in [0, 0.1) is 0 Å². The quantitative estimate of drug-likeness (QED) is 0.885.